The van der Waals surface area contributed by atoms with E-state index in [1.165, 1.54) is 18.9 Å². The van der Waals surface area contributed by atoms with E-state index in [4.69, 9.17) is 9.47 Å². The smallest absolute Gasteiger partial charge is 0.249 e. The number of hydrogen-bond donors (Lipinski definition) is 1. The molecule has 0 radical (unpaired) electrons. The van der Waals surface area contributed by atoms with E-state index >= 15 is 0 Å². The zero-order valence-corrected chi connectivity index (χ0v) is 15.3. The molecule has 0 aliphatic heterocycles. The van der Waals surface area contributed by atoms with Crippen molar-refractivity contribution in [1.82, 2.24) is 9.78 Å². The first-order valence-corrected chi connectivity index (χ1v) is 9.04. The van der Waals surface area contributed by atoms with Gasteiger partial charge in [-0.3, -0.25) is 4.79 Å². The molecule has 1 fully saturated rings. The molecule has 1 aromatic carbocycles. The van der Waals surface area contributed by atoms with E-state index in [9.17, 15) is 4.79 Å². The van der Waals surface area contributed by atoms with Crippen LogP contribution >= 0.6 is 0 Å². The number of methoxy groups -OCH3 is 1. The van der Waals surface area contributed by atoms with E-state index in [1.54, 1.807) is 19.4 Å². The molecule has 138 valence electrons. The predicted octanol–water partition coefficient (Wildman–Crippen LogP) is 4.06. The Bertz CT molecular complexity index is 776. The third kappa shape index (κ3) is 4.25. The summed E-state index contributed by atoms with van der Waals surface area (Å²) < 4.78 is 12.8. The average molecular weight is 355 g/mol. The highest BCUT2D eigenvalue weighted by Crippen LogP contribution is 2.31. The number of nitrogens with zero attached hydrogens (tertiary/aromatic N) is 2. The number of benzene rings is 1. The Morgan fingerprint density at radius 1 is 1.31 bits per heavy atom. The number of anilines is 1. The normalized spacial score (nSPS) is 14.7. The lowest BCUT2D eigenvalue weighted by Gasteiger charge is -2.14. The van der Waals surface area contributed by atoms with Gasteiger partial charge in [0.05, 0.1) is 26.0 Å². The fourth-order valence-corrected chi connectivity index (χ4v) is 3.26. The summed E-state index contributed by atoms with van der Waals surface area (Å²) in [4.78, 5) is 12.3. The molecule has 1 N–H and O–H groups in total. The van der Waals surface area contributed by atoms with Gasteiger partial charge in [0, 0.05) is 12.1 Å². The van der Waals surface area contributed by atoms with Crippen molar-refractivity contribution in [3.63, 3.8) is 0 Å². The van der Waals surface area contributed by atoms with Gasteiger partial charge in [-0.05, 0) is 43.5 Å². The molecule has 1 heterocycles. The van der Waals surface area contributed by atoms with Crippen LogP contribution in [-0.2, 0) is 4.79 Å². The predicted molar refractivity (Wildman–Crippen MR) is 102 cm³/mol. The molecule has 0 unspecified atom stereocenters. The maximum Gasteiger partial charge on any atom is 0.249 e. The van der Waals surface area contributed by atoms with Gasteiger partial charge in [0.25, 0.3) is 0 Å². The number of nitrogens with one attached hydrogen (secondary N) is 1. The molecule has 0 bridgehead atoms. The van der Waals surface area contributed by atoms with Crippen molar-refractivity contribution in [3.8, 4) is 11.5 Å². The first-order chi connectivity index (χ1) is 12.7. The van der Waals surface area contributed by atoms with Crippen LogP contribution in [0.3, 0.4) is 0 Å². The Hall–Kier alpha value is -2.76. The number of carbonyl (C=O) groups is 1. The fraction of sp³-hybridized carbons (Fsp3) is 0.400. The van der Waals surface area contributed by atoms with Crippen molar-refractivity contribution in [3.05, 3.63) is 42.1 Å². The van der Waals surface area contributed by atoms with Crippen LogP contribution in [0.1, 0.15) is 44.2 Å². The lowest BCUT2D eigenvalue weighted by Crippen LogP contribution is -2.15. The van der Waals surface area contributed by atoms with Crippen LogP contribution in [0.4, 0.5) is 5.82 Å². The third-order valence-corrected chi connectivity index (χ3v) is 4.51. The van der Waals surface area contributed by atoms with Crippen LogP contribution in [0.5, 0.6) is 11.5 Å². The molecule has 1 aliphatic rings. The van der Waals surface area contributed by atoms with E-state index in [1.807, 2.05) is 35.9 Å². The van der Waals surface area contributed by atoms with Crippen LogP contribution in [-0.4, -0.2) is 29.4 Å². The fourth-order valence-electron chi connectivity index (χ4n) is 3.26. The van der Waals surface area contributed by atoms with E-state index < -0.39 is 0 Å². The quantitative estimate of drug-likeness (QED) is 0.761. The number of rotatable bonds is 7. The minimum Gasteiger partial charge on any atom is -0.493 e. The second kappa shape index (κ2) is 8.56. The van der Waals surface area contributed by atoms with E-state index in [2.05, 4.69) is 10.4 Å². The van der Waals surface area contributed by atoms with Crippen LogP contribution in [0, 0.1) is 0 Å². The second-order valence-electron chi connectivity index (χ2n) is 6.27. The maximum absolute atomic E-state index is 12.3. The molecule has 1 aliphatic carbocycles. The number of carbonyl (C=O) groups excluding carboxylic acids is 1. The Morgan fingerprint density at radius 2 is 2.12 bits per heavy atom. The summed E-state index contributed by atoms with van der Waals surface area (Å²) in [5.41, 5.74) is 0.869. The summed E-state index contributed by atoms with van der Waals surface area (Å²) in [6.07, 6.45) is 9.68. The monoisotopic (exact) mass is 355 g/mol. The Kier molecular flexibility index (Phi) is 5.94. The van der Waals surface area contributed by atoms with E-state index in [0.717, 1.165) is 24.2 Å². The molecule has 1 saturated carbocycles. The standard InChI is InChI=1S/C20H25N3O3/c1-3-26-18-14-15(8-10-17(18)25-2)9-11-20(24)22-19-12-13-21-23(19)16-6-4-5-7-16/h8-14,16H,3-7H2,1-2H3,(H,22,24). The molecular formula is C20H25N3O3. The second-order valence-corrected chi connectivity index (χ2v) is 6.27. The van der Waals surface area contributed by atoms with Crippen molar-refractivity contribution in [1.29, 1.82) is 0 Å². The Morgan fingerprint density at radius 3 is 2.85 bits per heavy atom. The molecule has 3 rings (SSSR count). The van der Waals surface area contributed by atoms with Crippen LogP contribution in [0.15, 0.2) is 36.5 Å². The molecule has 6 heteroatoms. The van der Waals surface area contributed by atoms with Crippen LogP contribution in [0.2, 0.25) is 0 Å². The molecule has 6 nitrogen and oxygen atoms in total. The largest absolute Gasteiger partial charge is 0.493 e. The van der Waals surface area contributed by atoms with Gasteiger partial charge in [0.15, 0.2) is 11.5 Å². The molecule has 2 aromatic rings. The first-order valence-electron chi connectivity index (χ1n) is 9.04. The number of hydrogen-bond acceptors (Lipinski definition) is 4. The first kappa shape index (κ1) is 18.0. The molecule has 0 saturated heterocycles. The van der Waals surface area contributed by atoms with Gasteiger partial charge in [0.1, 0.15) is 5.82 Å². The summed E-state index contributed by atoms with van der Waals surface area (Å²) in [5.74, 6) is 1.90. The number of amides is 1. The third-order valence-electron chi connectivity index (χ3n) is 4.51. The van der Waals surface area contributed by atoms with Gasteiger partial charge in [-0.2, -0.15) is 5.10 Å². The average Bonchev–Trinajstić information content (AvgIpc) is 3.32. The van der Waals surface area contributed by atoms with Gasteiger partial charge < -0.3 is 14.8 Å². The minimum absolute atomic E-state index is 0.182. The van der Waals surface area contributed by atoms with Gasteiger partial charge in [-0.1, -0.05) is 18.9 Å². The van der Waals surface area contributed by atoms with Gasteiger partial charge in [-0.15, -0.1) is 0 Å². The summed E-state index contributed by atoms with van der Waals surface area (Å²) in [7, 11) is 1.61. The van der Waals surface area contributed by atoms with Gasteiger partial charge in [0.2, 0.25) is 5.91 Å². The lowest BCUT2D eigenvalue weighted by atomic mass is 10.2. The lowest BCUT2D eigenvalue weighted by molar-refractivity contribution is -0.111. The zero-order chi connectivity index (χ0) is 18.4. The van der Waals surface area contributed by atoms with Crippen molar-refractivity contribution in [2.75, 3.05) is 19.0 Å². The summed E-state index contributed by atoms with van der Waals surface area (Å²) >= 11 is 0. The van der Waals surface area contributed by atoms with Crippen molar-refractivity contribution in [2.45, 2.75) is 38.6 Å². The van der Waals surface area contributed by atoms with E-state index in [0.29, 0.717) is 24.1 Å². The maximum atomic E-state index is 12.3. The SMILES string of the molecule is CCOc1cc(C=CC(=O)Nc2ccnn2C2CCCC2)ccc1OC. The van der Waals surface area contributed by atoms with E-state index in [-0.39, 0.29) is 5.91 Å². The Labute approximate surface area is 153 Å². The van der Waals surface area contributed by atoms with Gasteiger partial charge in [-0.25, -0.2) is 4.68 Å². The number of ether oxygens (including phenoxy) is 2. The molecule has 26 heavy (non-hydrogen) atoms. The summed E-state index contributed by atoms with van der Waals surface area (Å²) in [6.45, 7) is 2.47. The van der Waals surface area contributed by atoms with Crippen LogP contribution < -0.4 is 14.8 Å². The van der Waals surface area contributed by atoms with Crippen LogP contribution in [0.25, 0.3) is 6.08 Å². The molecule has 1 amide bonds. The number of aromatic nitrogens is 2. The molecule has 0 atom stereocenters. The Balaban J connectivity index is 1.67. The highest BCUT2D eigenvalue weighted by Gasteiger charge is 2.20. The molecule has 1 aromatic heterocycles. The highest BCUT2D eigenvalue weighted by atomic mass is 16.5. The highest BCUT2D eigenvalue weighted by molar-refractivity contribution is 6.01. The molecular weight excluding hydrogens is 330 g/mol. The van der Waals surface area contributed by atoms with Crippen molar-refractivity contribution < 1.29 is 14.3 Å². The van der Waals surface area contributed by atoms with Crippen molar-refractivity contribution in [2.24, 2.45) is 0 Å². The zero-order valence-electron chi connectivity index (χ0n) is 15.3. The minimum atomic E-state index is -0.182. The topological polar surface area (TPSA) is 65.4 Å². The van der Waals surface area contributed by atoms with Crippen molar-refractivity contribution >= 4 is 17.8 Å². The summed E-state index contributed by atoms with van der Waals surface area (Å²) in [5, 5.41) is 7.29. The van der Waals surface area contributed by atoms with Gasteiger partial charge >= 0.3 is 0 Å². The molecule has 0 spiro atoms. The summed E-state index contributed by atoms with van der Waals surface area (Å²) in [6, 6.07) is 7.80.